The summed E-state index contributed by atoms with van der Waals surface area (Å²) in [6, 6.07) is 0. The summed E-state index contributed by atoms with van der Waals surface area (Å²) in [5.74, 6) is 0.578. The summed E-state index contributed by atoms with van der Waals surface area (Å²) in [4.78, 5) is 15.0. The zero-order valence-electron chi connectivity index (χ0n) is 12.0. The Hall–Kier alpha value is -1.32. The van der Waals surface area contributed by atoms with E-state index in [-0.39, 0.29) is 17.5 Å². The van der Waals surface area contributed by atoms with Gasteiger partial charge in [0.15, 0.2) is 6.54 Å². The second-order valence-corrected chi connectivity index (χ2v) is 6.87. The number of fused-ring (bicyclic) bond motifs is 2. The van der Waals surface area contributed by atoms with E-state index >= 15 is 0 Å². The highest BCUT2D eigenvalue weighted by Gasteiger charge is 2.62. The van der Waals surface area contributed by atoms with Gasteiger partial charge in [0.05, 0.1) is 0 Å². The van der Waals surface area contributed by atoms with E-state index < -0.39 is 0 Å². The summed E-state index contributed by atoms with van der Waals surface area (Å²) in [7, 11) is 0. The van der Waals surface area contributed by atoms with Crippen molar-refractivity contribution in [2.45, 2.75) is 52.7 Å². The van der Waals surface area contributed by atoms with E-state index in [1.165, 1.54) is 12.8 Å². The van der Waals surface area contributed by atoms with Gasteiger partial charge in [0, 0.05) is 5.41 Å². The molecule has 0 aromatic carbocycles. The van der Waals surface area contributed by atoms with Crippen LogP contribution in [0.2, 0.25) is 0 Å². The van der Waals surface area contributed by atoms with Crippen molar-refractivity contribution in [2.75, 3.05) is 0 Å². The summed E-state index contributed by atoms with van der Waals surface area (Å²) in [6.07, 6.45) is 9.00. The third-order valence-electron chi connectivity index (χ3n) is 5.90. The van der Waals surface area contributed by atoms with Gasteiger partial charge >= 0.3 is 5.97 Å². The zero-order chi connectivity index (χ0) is 13.7. The van der Waals surface area contributed by atoms with Gasteiger partial charge in [0.1, 0.15) is 18.5 Å². The van der Waals surface area contributed by atoms with E-state index in [0.717, 1.165) is 6.42 Å². The van der Waals surface area contributed by atoms with Crippen LogP contribution in [0, 0.1) is 16.7 Å². The third-order valence-corrected chi connectivity index (χ3v) is 5.90. The number of nitrogens with one attached hydrogen (secondary N) is 1. The summed E-state index contributed by atoms with van der Waals surface area (Å²) >= 11 is 0. The molecule has 4 heteroatoms. The van der Waals surface area contributed by atoms with Crippen LogP contribution in [0.25, 0.3) is 0 Å². The predicted octanol–water partition coefficient (Wildman–Crippen LogP) is 2.06. The number of aromatic nitrogens is 2. The van der Waals surface area contributed by atoms with Gasteiger partial charge in [0.2, 0.25) is 6.33 Å². The van der Waals surface area contributed by atoms with Crippen molar-refractivity contribution >= 4 is 5.97 Å². The molecular weight excluding hydrogens is 240 g/mol. The van der Waals surface area contributed by atoms with Crippen molar-refractivity contribution in [3.05, 3.63) is 18.7 Å². The number of hydrogen-bond acceptors (Lipinski definition) is 2. The molecule has 2 aliphatic carbocycles. The van der Waals surface area contributed by atoms with Gasteiger partial charge in [-0.3, -0.25) is 4.98 Å². The largest absolute Gasteiger partial charge is 0.459 e. The van der Waals surface area contributed by atoms with E-state index in [9.17, 15) is 4.79 Å². The minimum absolute atomic E-state index is 0.0910. The van der Waals surface area contributed by atoms with Crippen LogP contribution in [0.5, 0.6) is 0 Å². The lowest BCUT2D eigenvalue weighted by Crippen LogP contribution is -2.42. The first-order valence-corrected chi connectivity index (χ1v) is 7.15. The van der Waals surface area contributed by atoms with Crippen LogP contribution < -0.4 is 4.57 Å². The molecule has 1 aromatic rings. The molecule has 3 unspecified atom stereocenters. The number of hydrogen-bond donors (Lipinski definition) is 1. The Bertz CT molecular complexity index is 480. The van der Waals surface area contributed by atoms with Gasteiger partial charge in [-0.1, -0.05) is 20.8 Å². The van der Waals surface area contributed by atoms with E-state index in [2.05, 4.69) is 25.8 Å². The lowest BCUT2D eigenvalue weighted by molar-refractivity contribution is -0.684. The van der Waals surface area contributed by atoms with E-state index in [4.69, 9.17) is 4.74 Å². The second-order valence-electron chi connectivity index (χ2n) is 6.87. The molecule has 104 valence electrons. The average molecular weight is 263 g/mol. The molecule has 2 aliphatic rings. The first-order valence-electron chi connectivity index (χ1n) is 7.15. The average Bonchev–Trinajstić information content (AvgIpc) is 2.95. The number of carbonyl (C=O) groups excluding carboxylic acids is 1. The Morgan fingerprint density at radius 3 is 2.79 bits per heavy atom. The highest BCUT2D eigenvalue weighted by Crippen LogP contribution is 2.66. The maximum absolute atomic E-state index is 12.0. The van der Waals surface area contributed by atoms with Crippen LogP contribution in [0.4, 0.5) is 0 Å². The molecule has 0 aliphatic heterocycles. The van der Waals surface area contributed by atoms with Gasteiger partial charge in [-0.15, -0.1) is 0 Å². The van der Waals surface area contributed by atoms with Crippen LogP contribution in [0.3, 0.4) is 0 Å². The number of nitrogens with zero attached hydrogens (tertiary/aromatic N) is 1. The van der Waals surface area contributed by atoms with Crippen LogP contribution in [0.15, 0.2) is 18.7 Å². The van der Waals surface area contributed by atoms with Crippen molar-refractivity contribution < 1.29 is 14.1 Å². The molecule has 0 spiro atoms. The van der Waals surface area contributed by atoms with Crippen molar-refractivity contribution in [2.24, 2.45) is 16.7 Å². The van der Waals surface area contributed by atoms with Crippen LogP contribution in [0.1, 0.15) is 40.0 Å². The van der Waals surface area contributed by atoms with Crippen molar-refractivity contribution in [3.8, 4) is 0 Å². The number of ether oxygens (including phenoxy) is 1. The number of aromatic amines is 1. The highest BCUT2D eigenvalue weighted by molar-refractivity contribution is 5.68. The maximum Gasteiger partial charge on any atom is 0.348 e. The Balaban J connectivity index is 1.67. The predicted molar refractivity (Wildman–Crippen MR) is 70.1 cm³/mol. The molecule has 1 N–H and O–H groups in total. The van der Waals surface area contributed by atoms with Gasteiger partial charge in [-0.2, -0.15) is 0 Å². The minimum Gasteiger partial charge on any atom is -0.459 e. The van der Waals surface area contributed by atoms with Gasteiger partial charge < -0.3 is 4.74 Å². The fourth-order valence-electron chi connectivity index (χ4n) is 4.07. The molecule has 0 radical (unpaired) electrons. The van der Waals surface area contributed by atoms with Crippen LogP contribution in [-0.2, 0) is 16.1 Å². The number of imidazole rings is 1. The first-order chi connectivity index (χ1) is 8.93. The van der Waals surface area contributed by atoms with E-state index in [1.54, 1.807) is 12.5 Å². The van der Waals surface area contributed by atoms with Crippen molar-refractivity contribution in [1.29, 1.82) is 0 Å². The topological polar surface area (TPSA) is 46.0 Å². The standard InChI is InChI=1S/C15H22N2O2/c1-14(2)11-4-5-15(14,3)12(8-11)19-13(18)9-17-7-6-16-10-17/h6-7,10-12H,4-5,8-9H2,1-3H3/p+1. The SMILES string of the molecule is CC1(C)C2CCC1(C)C(OC(=O)C[n+]1cc[nH]c1)C2. The lowest BCUT2D eigenvalue weighted by Gasteiger charge is -2.38. The van der Waals surface area contributed by atoms with Crippen molar-refractivity contribution in [1.82, 2.24) is 4.98 Å². The van der Waals surface area contributed by atoms with E-state index in [0.29, 0.717) is 17.9 Å². The number of H-pyrrole nitrogens is 1. The smallest absolute Gasteiger partial charge is 0.348 e. The van der Waals surface area contributed by atoms with Gasteiger partial charge in [-0.25, -0.2) is 9.36 Å². The molecule has 0 amide bonds. The molecule has 2 fully saturated rings. The fourth-order valence-corrected chi connectivity index (χ4v) is 4.07. The number of carbonyl (C=O) groups is 1. The second kappa shape index (κ2) is 4.09. The lowest BCUT2D eigenvalue weighted by atomic mass is 9.70. The Morgan fingerprint density at radius 1 is 1.47 bits per heavy atom. The fraction of sp³-hybridized carbons (Fsp3) is 0.733. The summed E-state index contributed by atoms with van der Waals surface area (Å²) in [5.41, 5.74) is 0.440. The first kappa shape index (κ1) is 12.7. The van der Waals surface area contributed by atoms with E-state index in [1.807, 2.05) is 10.8 Å². The quantitative estimate of drug-likeness (QED) is 0.670. The minimum atomic E-state index is -0.126. The zero-order valence-corrected chi connectivity index (χ0v) is 12.0. The molecule has 19 heavy (non-hydrogen) atoms. The molecular formula is C15H23N2O2+. The highest BCUT2D eigenvalue weighted by atomic mass is 16.5. The molecule has 3 rings (SSSR count). The maximum atomic E-state index is 12.0. The molecule has 3 atom stereocenters. The Morgan fingerprint density at radius 2 is 2.26 bits per heavy atom. The van der Waals surface area contributed by atoms with Crippen LogP contribution >= 0.6 is 0 Å². The van der Waals surface area contributed by atoms with Crippen LogP contribution in [-0.4, -0.2) is 17.1 Å². The Kier molecular flexibility index (Phi) is 2.73. The van der Waals surface area contributed by atoms with Gasteiger partial charge in [0.25, 0.3) is 0 Å². The molecule has 2 saturated carbocycles. The van der Waals surface area contributed by atoms with Crippen molar-refractivity contribution in [3.63, 3.8) is 0 Å². The molecule has 0 saturated heterocycles. The molecule has 1 aromatic heterocycles. The van der Waals surface area contributed by atoms with Gasteiger partial charge in [-0.05, 0) is 30.6 Å². The normalized spacial score (nSPS) is 35.5. The monoisotopic (exact) mass is 263 g/mol. The molecule has 2 bridgehead atoms. The molecule has 4 nitrogen and oxygen atoms in total. The molecule has 1 heterocycles. The third kappa shape index (κ3) is 1.80. The summed E-state index contributed by atoms with van der Waals surface area (Å²) in [6.45, 7) is 7.25. The number of rotatable bonds is 3. The summed E-state index contributed by atoms with van der Waals surface area (Å²) in [5, 5.41) is 0. The summed E-state index contributed by atoms with van der Waals surface area (Å²) < 4.78 is 7.59. The number of esters is 1. The Labute approximate surface area is 114 Å².